The minimum Gasteiger partial charge on any atom is -0.378 e. The maximum absolute atomic E-state index is 5.89. The second kappa shape index (κ2) is 3.49. The molecule has 0 saturated carbocycles. The first-order valence-corrected chi connectivity index (χ1v) is 3.67. The fourth-order valence-corrected chi connectivity index (χ4v) is 1.23. The van der Waals surface area contributed by atoms with Gasteiger partial charge in [0.1, 0.15) is 11.8 Å². The molecule has 1 aliphatic rings. The molecule has 0 radical (unpaired) electrons. The van der Waals surface area contributed by atoms with Gasteiger partial charge in [0.2, 0.25) is 0 Å². The molecule has 4 heteroatoms. The predicted octanol–water partition coefficient (Wildman–Crippen LogP) is -0.277. The molecule has 2 unspecified atom stereocenters. The first-order chi connectivity index (χ1) is 5.23. The number of hydrogen-bond acceptors (Lipinski definition) is 4. The molecule has 1 fully saturated rings. The molecule has 0 amide bonds. The lowest BCUT2D eigenvalue weighted by Gasteiger charge is -2.38. The topological polar surface area (TPSA) is 53.7 Å². The van der Waals surface area contributed by atoms with E-state index in [-0.39, 0.29) is 6.10 Å². The smallest absolute Gasteiger partial charge is 0.147 e. The lowest BCUT2D eigenvalue weighted by atomic mass is 10.0. The molecule has 0 aromatic carbocycles. The van der Waals surface area contributed by atoms with Gasteiger partial charge < -0.3 is 19.9 Å². The Morgan fingerprint density at radius 3 is 2.73 bits per heavy atom. The predicted molar refractivity (Wildman–Crippen MR) is 40.2 cm³/mol. The van der Waals surface area contributed by atoms with E-state index in [1.165, 1.54) is 0 Å². The average Bonchev–Trinajstić information content (AvgIpc) is 2.05. The van der Waals surface area contributed by atoms with Crippen LogP contribution in [0.4, 0.5) is 0 Å². The van der Waals surface area contributed by atoms with Crippen molar-refractivity contribution in [3.8, 4) is 0 Å². The zero-order valence-corrected chi connectivity index (χ0v) is 7.00. The first-order valence-electron chi connectivity index (χ1n) is 3.67. The van der Waals surface area contributed by atoms with Crippen molar-refractivity contribution >= 4 is 0 Å². The molecule has 0 spiro atoms. The molecule has 66 valence electrons. The van der Waals surface area contributed by atoms with Gasteiger partial charge in [0.05, 0.1) is 13.2 Å². The monoisotopic (exact) mass is 161 g/mol. The molecular weight excluding hydrogens is 146 g/mol. The SMILES string of the molecule is COC1COCCC1(N)OC. The first kappa shape index (κ1) is 8.93. The third kappa shape index (κ3) is 1.70. The Labute approximate surface area is 66.6 Å². The van der Waals surface area contributed by atoms with Crippen LogP contribution in [-0.4, -0.2) is 39.3 Å². The van der Waals surface area contributed by atoms with Crippen LogP contribution in [-0.2, 0) is 14.2 Å². The van der Waals surface area contributed by atoms with Gasteiger partial charge in [0.25, 0.3) is 0 Å². The largest absolute Gasteiger partial charge is 0.378 e. The summed E-state index contributed by atoms with van der Waals surface area (Å²) in [7, 11) is 3.21. The Kier molecular flexibility index (Phi) is 2.84. The molecule has 0 aromatic rings. The lowest BCUT2D eigenvalue weighted by molar-refractivity contribution is -0.177. The second-order valence-corrected chi connectivity index (χ2v) is 2.71. The molecule has 4 nitrogen and oxygen atoms in total. The summed E-state index contributed by atoms with van der Waals surface area (Å²) in [6.45, 7) is 1.16. The van der Waals surface area contributed by atoms with E-state index in [0.717, 1.165) is 0 Å². The Hall–Kier alpha value is -0.160. The van der Waals surface area contributed by atoms with Gasteiger partial charge in [-0.3, -0.25) is 0 Å². The van der Waals surface area contributed by atoms with Crippen molar-refractivity contribution in [2.24, 2.45) is 5.73 Å². The third-order valence-electron chi connectivity index (χ3n) is 2.12. The highest BCUT2D eigenvalue weighted by molar-refractivity contribution is 4.86. The van der Waals surface area contributed by atoms with Gasteiger partial charge in [-0.2, -0.15) is 0 Å². The maximum Gasteiger partial charge on any atom is 0.147 e. The number of methoxy groups -OCH3 is 2. The minimum absolute atomic E-state index is 0.152. The Morgan fingerprint density at radius 1 is 1.55 bits per heavy atom. The highest BCUT2D eigenvalue weighted by Gasteiger charge is 2.38. The Balaban J connectivity index is 2.57. The zero-order chi connectivity index (χ0) is 8.32. The Bertz CT molecular complexity index is 131. The van der Waals surface area contributed by atoms with E-state index < -0.39 is 5.72 Å². The van der Waals surface area contributed by atoms with E-state index in [1.54, 1.807) is 14.2 Å². The average molecular weight is 161 g/mol. The van der Waals surface area contributed by atoms with E-state index >= 15 is 0 Å². The Morgan fingerprint density at radius 2 is 2.27 bits per heavy atom. The van der Waals surface area contributed by atoms with E-state index in [1.807, 2.05) is 0 Å². The van der Waals surface area contributed by atoms with Gasteiger partial charge in [-0.05, 0) is 0 Å². The van der Waals surface area contributed by atoms with Crippen LogP contribution in [0, 0.1) is 0 Å². The van der Waals surface area contributed by atoms with Crippen LogP contribution >= 0.6 is 0 Å². The van der Waals surface area contributed by atoms with Crippen molar-refractivity contribution in [3.05, 3.63) is 0 Å². The molecule has 2 N–H and O–H groups in total. The molecule has 11 heavy (non-hydrogen) atoms. The second-order valence-electron chi connectivity index (χ2n) is 2.71. The van der Waals surface area contributed by atoms with Gasteiger partial charge in [-0.15, -0.1) is 0 Å². The third-order valence-corrected chi connectivity index (χ3v) is 2.12. The molecule has 0 aliphatic carbocycles. The fourth-order valence-electron chi connectivity index (χ4n) is 1.23. The summed E-state index contributed by atoms with van der Waals surface area (Å²) >= 11 is 0. The van der Waals surface area contributed by atoms with E-state index in [2.05, 4.69) is 0 Å². The van der Waals surface area contributed by atoms with Gasteiger partial charge >= 0.3 is 0 Å². The normalized spacial score (nSPS) is 39.0. The van der Waals surface area contributed by atoms with Crippen LogP contribution in [0.15, 0.2) is 0 Å². The number of nitrogens with two attached hydrogens (primary N) is 1. The minimum atomic E-state index is -0.660. The molecule has 1 rings (SSSR count). The highest BCUT2D eigenvalue weighted by Crippen LogP contribution is 2.20. The standard InChI is InChI=1S/C7H15NO3/c1-9-6-5-11-4-3-7(6,8)10-2/h6H,3-5,8H2,1-2H3. The van der Waals surface area contributed by atoms with Crippen molar-refractivity contribution < 1.29 is 14.2 Å². The fraction of sp³-hybridized carbons (Fsp3) is 1.00. The summed E-state index contributed by atoms with van der Waals surface area (Å²) < 4.78 is 15.5. The molecule has 0 aromatic heterocycles. The van der Waals surface area contributed by atoms with Crippen LogP contribution < -0.4 is 5.73 Å². The lowest BCUT2D eigenvalue weighted by Crippen LogP contribution is -2.58. The molecular formula is C7H15NO3. The van der Waals surface area contributed by atoms with Crippen LogP contribution in [0.5, 0.6) is 0 Å². The van der Waals surface area contributed by atoms with Gasteiger partial charge in [-0.25, -0.2) is 0 Å². The summed E-state index contributed by atoms with van der Waals surface area (Å²) in [6, 6.07) is 0. The summed E-state index contributed by atoms with van der Waals surface area (Å²) in [4.78, 5) is 0. The van der Waals surface area contributed by atoms with Crippen molar-refractivity contribution in [3.63, 3.8) is 0 Å². The highest BCUT2D eigenvalue weighted by atomic mass is 16.6. The number of ether oxygens (including phenoxy) is 3. The maximum atomic E-state index is 5.89. The van der Waals surface area contributed by atoms with Crippen molar-refractivity contribution in [2.75, 3.05) is 27.4 Å². The molecule has 0 bridgehead atoms. The van der Waals surface area contributed by atoms with Gasteiger partial charge in [0.15, 0.2) is 0 Å². The van der Waals surface area contributed by atoms with Crippen molar-refractivity contribution in [1.82, 2.24) is 0 Å². The van der Waals surface area contributed by atoms with Crippen LogP contribution in [0.3, 0.4) is 0 Å². The summed E-state index contributed by atoms with van der Waals surface area (Å²) in [5.74, 6) is 0. The molecule has 1 heterocycles. The quantitative estimate of drug-likeness (QED) is 0.566. The molecule has 1 aliphatic heterocycles. The molecule has 1 saturated heterocycles. The van der Waals surface area contributed by atoms with Crippen molar-refractivity contribution in [1.29, 1.82) is 0 Å². The van der Waals surface area contributed by atoms with Crippen molar-refractivity contribution in [2.45, 2.75) is 18.2 Å². The number of hydrogen-bond donors (Lipinski definition) is 1. The van der Waals surface area contributed by atoms with Crippen LogP contribution in [0.25, 0.3) is 0 Å². The van der Waals surface area contributed by atoms with Gasteiger partial charge in [-0.1, -0.05) is 0 Å². The van der Waals surface area contributed by atoms with E-state index in [9.17, 15) is 0 Å². The zero-order valence-electron chi connectivity index (χ0n) is 7.00. The molecule has 2 atom stereocenters. The van der Waals surface area contributed by atoms with E-state index in [0.29, 0.717) is 19.6 Å². The summed E-state index contributed by atoms with van der Waals surface area (Å²) in [6.07, 6.45) is 0.531. The van der Waals surface area contributed by atoms with Crippen LogP contribution in [0.1, 0.15) is 6.42 Å². The van der Waals surface area contributed by atoms with E-state index in [4.69, 9.17) is 19.9 Å². The van der Waals surface area contributed by atoms with Crippen LogP contribution in [0.2, 0.25) is 0 Å². The summed E-state index contributed by atoms with van der Waals surface area (Å²) in [5.41, 5.74) is 5.23. The number of rotatable bonds is 2. The summed E-state index contributed by atoms with van der Waals surface area (Å²) in [5, 5.41) is 0. The van der Waals surface area contributed by atoms with Gasteiger partial charge in [0, 0.05) is 20.6 Å².